The molecule has 8 heteroatoms. The monoisotopic (exact) mass is 403 g/mol. The van der Waals surface area contributed by atoms with Crippen molar-refractivity contribution in [3.63, 3.8) is 0 Å². The minimum atomic E-state index is 0.487. The van der Waals surface area contributed by atoms with Crippen LogP contribution in [0.15, 0.2) is 49.1 Å². The van der Waals surface area contributed by atoms with Gasteiger partial charge in [-0.15, -0.1) is 0 Å². The molecule has 1 aliphatic carbocycles. The highest BCUT2D eigenvalue weighted by atomic mass is 16.5. The number of anilines is 1. The molecule has 0 aromatic carbocycles. The number of aryl methyl sites for hydroxylation is 2. The fourth-order valence-electron chi connectivity index (χ4n) is 3.71. The van der Waals surface area contributed by atoms with Crippen molar-refractivity contribution < 1.29 is 4.74 Å². The summed E-state index contributed by atoms with van der Waals surface area (Å²) in [4.78, 5) is 9.14. The van der Waals surface area contributed by atoms with Gasteiger partial charge >= 0.3 is 0 Å². The van der Waals surface area contributed by atoms with Crippen molar-refractivity contribution in [2.45, 2.75) is 25.7 Å². The summed E-state index contributed by atoms with van der Waals surface area (Å²) in [5.74, 6) is 2.47. The number of nitrogens with zero attached hydrogens (tertiary/aromatic N) is 6. The van der Waals surface area contributed by atoms with Crippen molar-refractivity contribution in [3.05, 3.63) is 65.9 Å². The van der Waals surface area contributed by atoms with Gasteiger partial charge in [-0.3, -0.25) is 9.67 Å². The second-order valence-corrected chi connectivity index (χ2v) is 7.95. The lowest BCUT2D eigenvalue weighted by Gasteiger charge is -2.11. The summed E-state index contributed by atoms with van der Waals surface area (Å²) in [5, 5.41) is 12.0. The zero-order chi connectivity index (χ0) is 20.5. The number of nitrogens with one attached hydrogen (secondary N) is 1. The predicted molar refractivity (Wildman–Crippen MR) is 114 cm³/mol. The summed E-state index contributed by atoms with van der Waals surface area (Å²) in [6.45, 7) is 3.48. The molecule has 1 saturated carbocycles. The number of rotatable bonds is 8. The number of hydrogen-bond acceptors (Lipinski definition) is 6. The van der Waals surface area contributed by atoms with Crippen LogP contribution in [0.4, 0.5) is 5.82 Å². The average Bonchev–Trinajstić information content (AvgIpc) is 3.13. The molecule has 0 amide bonds. The Labute approximate surface area is 174 Å². The first-order valence-electron chi connectivity index (χ1n) is 10.3. The molecular weight excluding hydrogens is 378 g/mol. The summed E-state index contributed by atoms with van der Waals surface area (Å²) in [6.07, 6.45) is 9.59. The number of ether oxygens (including phenoxy) is 1. The van der Waals surface area contributed by atoms with E-state index in [9.17, 15) is 0 Å². The fraction of sp³-hybridized carbons (Fsp3) is 0.364. The molecular formula is C22H25N7O. The van der Waals surface area contributed by atoms with E-state index in [0.717, 1.165) is 36.5 Å². The Morgan fingerprint density at radius 3 is 2.93 bits per heavy atom. The Balaban J connectivity index is 1.22. The quantitative estimate of drug-likeness (QED) is 0.487. The second-order valence-electron chi connectivity index (χ2n) is 7.95. The zero-order valence-corrected chi connectivity index (χ0v) is 17.2. The molecule has 2 unspecified atom stereocenters. The Morgan fingerprint density at radius 1 is 1.20 bits per heavy atom. The summed E-state index contributed by atoms with van der Waals surface area (Å²) < 4.78 is 9.67. The van der Waals surface area contributed by atoms with Gasteiger partial charge < -0.3 is 10.1 Å². The zero-order valence-electron chi connectivity index (χ0n) is 17.2. The van der Waals surface area contributed by atoms with Crippen molar-refractivity contribution in [1.29, 1.82) is 0 Å². The Kier molecular flexibility index (Phi) is 4.82. The molecule has 5 rings (SSSR count). The fourth-order valence-corrected chi connectivity index (χ4v) is 3.71. The third-order valence-corrected chi connectivity index (χ3v) is 5.50. The van der Waals surface area contributed by atoms with E-state index < -0.39 is 0 Å². The topological polar surface area (TPSA) is 82.2 Å². The van der Waals surface area contributed by atoms with E-state index in [4.69, 9.17) is 4.74 Å². The van der Waals surface area contributed by atoms with Crippen molar-refractivity contribution in [3.8, 4) is 5.88 Å². The summed E-state index contributed by atoms with van der Waals surface area (Å²) in [7, 11) is 1.93. The minimum absolute atomic E-state index is 0.487. The smallest absolute Gasteiger partial charge is 0.219 e. The third-order valence-electron chi connectivity index (χ3n) is 5.50. The maximum absolute atomic E-state index is 6.06. The van der Waals surface area contributed by atoms with E-state index in [0.29, 0.717) is 24.3 Å². The molecule has 1 N–H and O–H groups in total. The van der Waals surface area contributed by atoms with Crippen LogP contribution in [0.1, 0.15) is 29.2 Å². The molecule has 1 fully saturated rings. The van der Waals surface area contributed by atoms with E-state index in [1.54, 1.807) is 10.7 Å². The number of fused-ring (bicyclic) bond motifs is 1. The first-order valence-corrected chi connectivity index (χ1v) is 10.3. The normalized spacial score (nSPS) is 17.9. The van der Waals surface area contributed by atoms with Gasteiger partial charge in [0.05, 0.1) is 19.0 Å². The molecule has 0 bridgehead atoms. The highest BCUT2D eigenvalue weighted by molar-refractivity contribution is 5.50. The molecule has 154 valence electrons. The molecule has 1 aliphatic rings. The van der Waals surface area contributed by atoms with Gasteiger partial charge in [0, 0.05) is 55.6 Å². The van der Waals surface area contributed by atoms with Gasteiger partial charge in [-0.05, 0) is 37.0 Å². The van der Waals surface area contributed by atoms with Crippen LogP contribution in [0.2, 0.25) is 0 Å². The van der Waals surface area contributed by atoms with Crippen LogP contribution in [-0.2, 0) is 13.5 Å². The summed E-state index contributed by atoms with van der Waals surface area (Å²) in [5.41, 5.74) is 4.31. The van der Waals surface area contributed by atoms with Crippen LogP contribution in [0.25, 0.3) is 5.65 Å². The Bertz CT molecular complexity index is 1150. The number of pyridine rings is 1. The number of hydrogen-bond donors (Lipinski definition) is 1. The summed E-state index contributed by atoms with van der Waals surface area (Å²) >= 11 is 0. The largest absolute Gasteiger partial charge is 0.477 e. The molecule has 0 spiro atoms. The maximum Gasteiger partial charge on any atom is 0.219 e. The van der Waals surface area contributed by atoms with Crippen LogP contribution in [0, 0.1) is 12.8 Å². The second kappa shape index (κ2) is 7.78. The van der Waals surface area contributed by atoms with Gasteiger partial charge in [0.1, 0.15) is 5.82 Å². The first-order chi connectivity index (χ1) is 14.7. The highest BCUT2D eigenvalue weighted by Crippen LogP contribution is 2.46. The van der Waals surface area contributed by atoms with E-state index in [1.807, 2.05) is 42.5 Å². The van der Waals surface area contributed by atoms with Gasteiger partial charge in [-0.1, -0.05) is 6.07 Å². The molecule has 0 aliphatic heterocycles. The van der Waals surface area contributed by atoms with Gasteiger partial charge in [-0.25, -0.2) is 0 Å². The summed E-state index contributed by atoms with van der Waals surface area (Å²) in [6, 6.07) is 8.05. The van der Waals surface area contributed by atoms with Crippen LogP contribution >= 0.6 is 0 Å². The van der Waals surface area contributed by atoms with Crippen molar-refractivity contribution in [2.75, 3.05) is 18.5 Å². The molecule has 30 heavy (non-hydrogen) atoms. The SMILES string of the molecule is Cc1ccc(C2CC2COc2cc(NCCc3cnn(C)c3)n3nccc3n2)nc1. The van der Waals surface area contributed by atoms with Crippen LogP contribution in [-0.4, -0.2) is 42.5 Å². The van der Waals surface area contributed by atoms with Crippen molar-refractivity contribution in [1.82, 2.24) is 29.4 Å². The molecule has 0 radical (unpaired) electrons. The first kappa shape index (κ1) is 18.6. The van der Waals surface area contributed by atoms with E-state index >= 15 is 0 Å². The van der Waals surface area contributed by atoms with Gasteiger partial charge in [0.25, 0.3) is 0 Å². The maximum atomic E-state index is 6.06. The van der Waals surface area contributed by atoms with Crippen molar-refractivity contribution in [2.24, 2.45) is 13.0 Å². The molecule has 8 nitrogen and oxygen atoms in total. The standard InChI is InChI=1S/C22H25N7O/c1-15-3-4-19(24-11-15)18-9-17(18)14-30-22-10-21(29-20(27-22)6-8-25-29)23-7-5-16-12-26-28(2)13-16/h3-4,6,8,10-13,17-18,23H,5,7,9,14H2,1-2H3. The minimum Gasteiger partial charge on any atom is -0.477 e. The lowest BCUT2D eigenvalue weighted by Crippen LogP contribution is -2.11. The molecule has 4 aromatic rings. The van der Waals surface area contributed by atoms with Gasteiger partial charge in [-0.2, -0.15) is 19.7 Å². The third kappa shape index (κ3) is 3.98. The molecule has 4 aromatic heterocycles. The Hall–Kier alpha value is -3.42. The van der Waals surface area contributed by atoms with Crippen molar-refractivity contribution >= 4 is 11.5 Å². The lowest BCUT2D eigenvalue weighted by atomic mass is 10.2. The van der Waals surface area contributed by atoms with Crippen LogP contribution < -0.4 is 10.1 Å². The van der Waals surface area contributed by atoms with E-state index in [-0.39, 0.29) is 0 Å². The van der Waals surface area contributed by atoms with Gasteiger partial charge in [0.15, 0.2) is 5.65 Å². The predicted octanol–water partition coefficient (Wildman–Crippen LogP) is 3.00. The van der Waals surface area contributed by atoms with Crippen LogP contribution in [0.3, 0.4) is 0 Å². The van der Waals surface area contributed by atoms with Gasteiger partial charge in [0.2, 0.25) is 5.88 Å². The van der Waals surface area contributed by atoms with E-state index in [1.165, 1.54) is 11.1 Å². The number of aromatic nitrogens is 6. The lowest BCUT2D eigenvalue weighted by molar-refractivity contribution is 0.286. The highest BCUT2D eigenvalue weighted by Gasteiger charge is 2.40. The molecule has 0 saturated heterocycles. The van der Waals surface area contributed by atoms with Crippen LogP contribution in [0.5, 0.6) is 5.88 Å². The molecule has 2 atom stereocenters. The Morgan fingerprint density at radius 2 is 2.13 bits per heavy atom. The van der Waals surface area contributed by atoms with E-state index in [2.05, 4.69) is 44.5 Å². The average molecular weight is 403 g/mol. The molecule has 4 heterocycles.